The van der Waals surface area contributed by atoms with Gasteiger partial charge in [-0.2, -0.15) is 0 Å². The zero-order chi connectivity index (χ0) is 14.9. The van der Waals surface area contributed by atoms with Crippen molar-refractivity contribution in [2.24, 2.45) is 0 Å². The van der Waals surface area contributed by atoms with Crippen molar-refractivity contribution in [2.45, 2.75) is 44.6 Å². The number of hydrogen-bond acceptors (Lipinski definition) is 3. The van der Waals surface area contributed by atoms with Crippen LogP contribution in [-0.4, -0.2) is 39.5 Å². The largest absolute Gasteiger partial charge is 0.385 e. The molecule has 0 amide bonds. The molecule has 1 N–H and O–H groups in total. The average Bonchev–Trinajstić information content (AvgIpc) is 3.31. The van der Waals surface area contributed by atoms with Gasteiger partial charge >= 0.3 is 0 Å². The highest BCUT2D eigenvalue weighted by molar-refractivity contribution is 5.24. The van der Waals surface area contributed by atoms with E-state index in [1.807, 2.05) is 0 Å². The Bertz CT molecular complexity index is 387. The van der Waals surface area contributed by atoms with E-state index >= 15 is 0 Å². The molecule has 0 bridgehead atoms. The van der Waals surface area contributed by atoms with Crippen LogP contribution in [0.3, 0.4) is 0 Å². The Morgan fingerprint density at radius 2 is 1.90 bits per heavy atom. The van der Waals surface area contributed by atoms with Gasteiger partial charge in [0.05, 0.1) is 0 Å². The van der Waals surface area contributed by atoms with E-state index in [2.05, 4.69) is 36.5 Å². The Balaban J connectivity index is 1.75. The maximum absolute atomic E-state index is 5.73. The van der Waals surface area contributed by atoms with Gasteiger partial charge < -0.3 is 14.8 Å². The van der Waals surface area contributed by atoms with E-state index in [0.717, 1.165) is 45.2 Å². The summed E-state index contributed by atoms with van der Waals surface area (Å²) in [5.74, 6) is 0.550. The van der Waals surface area contributed by atoms with Gasteiger partial charge in [-0.1, -0.05) is 29.8 Å². The number of methoxy groups -OCH3 is 1. The molecule has 0 radical (unpaired) electrons. The molecule has 1 aromatic rings. The van der Waals surface area contributed by atoms with Gasteiger partial charge in [0, 0.05) is 39.5 Å². The summed E-state index contributed by atoms with van der Waals surface area (Å²) in [5, 5.41) is 3.66. The van der Waals surface area contributed by atoms with Crippen molar-refractivity contribution in [1.82, 2.24) is 5.32 Å². The molecule has 1 unspecified atom stereocenters. The summed E-state index contributed by atoms with van der Waals surface area (Å²) in [6.07, 6.45) is 4.74. The lowest BCUT2D eigenvalue weighted by Gasteiger charge is -2.18. The third-order valence-corrected chi connectivity index (χ3v) is 4.03. The molecule has 1 atom stereocenters. The quantitative estimate of drug-likeness (QED) is 0.635. The molecule has 2 rings (SSSR count). The summed E-state index contributed by atoms with van der Waals surface area (Å²) in [6.45, 7) is 5.61. The number of rotatable bonds is 11. The first kappa shape index (κ1) is 16.5. The van der Waals surface area contributed by atoms with Crippen LogP contribution in [0.25, 0.3) is 0 Å². The topological polar surface area (TPSA) is 30.5 Å². The predicted molar refractivity (Wildman–Crippen MR) is 86.9 cm³/mol. The molecule has 1 aliphatic carbocycles. The van der Waals surface area contributed by atoms with Crippen LogP contribution in [0.1, 0.15) is 42.7 Å². The van der Waals surface area contributed by atoms with Crippen LogP contribution >= 0.6 is 0 Å². The standard InChI is InChI=1S/C18H29NO2/c1-15-4-6-16(7-5-15)17(14-19-18-8-9-18)10-13-21-12-3-11-20-2/h4-7,17-19H,3,8-14H2,1-2H3. The number of hydrogen-bond donors (Lipinski definition) is 1. The van der Waals surface area contributed by atoms with Crippen molar-refractivity contribution in [3.05, 3.63) is 35.4 Å². The number of benzene rings is 1. The number of ether oxygens (including phenoxy) is 2. The Hall–Kier alpha value is -0.900. The minimum atomic E-state index is 0.550. The third kappa shape index (κ3) is 6.60. The molecule has 0 aliphatic heterocycles. The molecule has 0 spiro atoms. The third-order valence-electron chi connectivity index (χ3n) is 4.03. The smallest absolute Gasteiger partial charge is 0.0487 e. The molecule has 1 fully saturated rings. The summed E-state index contributed by atoms with van der Waals surface area (Å²) in [6, 6.07) is 9.71. The fraction of sp³-hybridized carbons (Fsp3) is 0.667. The van der Waals surface area contributed by atoms with Gasteiger partial charge in [0.2, 0.25) is 0 Å². The molecule has 118 valence electrons. The zero-order valence-electron chi connectivity index (χ0n) is 13.4. The Morgan fingerprint density at radius 3 is 2.57 bits per heavy atom. The van der Waals surface area contributed by atoms with Crippen molar-refractivity contribution in [1.29, 1.82) is 0 Å². The van der Waals surface area contributed by atoms with E-state index < -0.39 is 0 Å². The molecule has 0 aromatic heterocycles. The van der Waals surface area contributed by atoms with Crippen LogP contribution in [0.15, 0.2) is 24.3 Å². The van der Waals surface area contributed by atoms with E-state index in [-0.39, 0.29) is 0 Å². The highest BCUT2D eigenvalue weighted by atomic mass is 16.5. The Morgan fingerprint density at radius 1 is 1.14 bits per heavy atom. The molecular formula is C18H29NO2. The summed E-state index contributed by atoms with van der Waals surface area (Å²) in [7, 11) is 1.73. The highest BCUT2D eigenvalue weighted by Gasteiger charge is 2.22. The molecule has 1 aromatic carbocycles. The average molecular weight is 291 g/mol. The van der Waals surface area contributed by atoms with Crippen LogP contribution in [0, 0.1) is 6.92 Å². The van der Waals surface area contributed by atoms with Gasteiger partial charge in [0.15, 0.2) is 0 Å². The maximum atomic E-state index is 5.73. The van der Waals surface area contributed by atoms with Gasteiger partial charge in [-0.15, -0.1) is 0 Å². The van der Waals surface area contributed by atoms with Crippen molar-refractivity contribution in [2.75, 3.05) is 33.5 Å². The SMILES string of the molecule is COCCCOCCC(CNC1CC1)c1ccc(C)cc1. The Kier molecular flexibility index (Phi) is 7.20. The van der Waals surface area contributed by atoms with Crippen LogP contribution in [0.5, 0.6) is 0 Å². The minimum Gasteiger partial charge on any atom is -0.385 e. The summed E-state index contributed by atoms with van der Waals surface area (Å²) >= 11 is 0. The molecule has 21 heavy (non-hydrogen) atoms. The first-order chi connectivity index (χ1) is 10.3. The molecule has 3 heteroatoms. The number of aryl methyl sites for hydroxylation is 1. The molecule has 3 nitrogen and oxygen atoms in total. The van der Waals surface area contributed by atoms with Crippen LogP contribution < -0.4 is 5.32 Å². The maximum Gasteiger partial charge on any atom is 0.0487 e. The normalized spacial score (nSPS) is 16.1. The summed E-state index contributed by atoms with van der Waals surface area (Å²) < 4.78 is 10.8. The zero-order valence-corrected chi connectivity index (χ0v) is 13.4. The van der Waals surface area contributed by atoms with Gasteiger partial charge in [0.1, 0.15) is 0 Å². The second kappa shape index (κ2) is 9.19. The minimum absolute atomic E-state index is 0.550. The second-order valence-electron chi connectivity index (χ2n) is 6.04. The van der Waals surface area contributed by atoms with Gasteiger partial charge in [-0.3, -0.25) is 0 Å². The van der Waals surface area contributed by atoms with E-state index in [9.17, 15) is 0 Å². The van der Waals surface area contributed by atoms with Crippen molar-refractivity contribution in [3.63, 3.8) is 0 Å². The van der Waals surface area contributed by atoms with E-state index in [4.69, 9.17) is 9.47 Å². The monoisotopic (exact) mass is 291 g/mol. The van der Waals surface area contributed by atoms with Crippen LogP contribution in [0.2, 0.25) is 0 Å². The van der Waals surface area contributed by atoms with Crippen molar-refractivity contribution in [3.8, 4) is 0 Å². The van der Waals surface area contributed by atoms with Crippen molar-refractivity contribution >= 4 is 0 Å². The number of nitrogens with one attached hydrogen (secondary N) is 1. The van der Waals surface area contributed by atoms with Crippen LogP contribution in [0.4, 0.5) is 0 Å². The second-order valence-corrected chi connectivity index (χ2v) is 6.04. The van der Waals surface area contributed by atoms with Crippen LogP contribution in [-0.2, 0) is 9.47 Å². The molecular weight excluding hydrogens is 262 g/mol. The first-order valence-electron chi connectivity index (χ1n) is 8.16. The summed E-state index contributed by atoms with van der Waals surface area (Å²) in [5.41, 5.74) is 2.75. The lowest BCUT2D eigenvalue weighted by atomic mass is 9.95. The fourth-order valence-electron chi connectivity index (χ4n) is 2.45. The van der Waals surface area contributed by atoms with Crippen molar-refractivity contribution < 1.29 is 9.47 Å². The lowest BCUT2D eigenvalue weighted by molar-refractivity contribution is 0.0980. The molecule has 1 aliphatic rings. The van der Waals surface area contributed by atoms with E-state index in [1.54, 1.807) is 7.11 Å². The lowest BCUT2D eigenvalue weighted by Crippen LogP contribution is -2.24. The molecule has 0 heterocycles. The predicted octanol–water partition coefficient (Wildman–Crippen LogP) is 3.27. The van der Waals surface area contributed by atoms with E-state index in [1.165, 1.54) is 24.0 Å². The van der Waals surface area contributed by atoms with E-state index in [0.29, 0.717) is 5.92 Å². The van der Waals surface area contributed by atoms with Gasteiger partial charge in [-0.05, 0) is 44.1 Å². The van der Waals surface area contributed by atoms with Gasteiger partial charge in [0.25, 0.3) is 0 Å². The van der Waals surface area contributed by atoms with Gasteiger partial charge in [-0.25, -0.2) is 0 Å². The Labute approximate surface area is 129 Å². The molecule has 0 saturated heterocycles. The first-order valence-corrected chi connectivity index (χ1v) is 8.16. The fourth-order valence-corrected chi connectivity index (χ4v) is 2.45. The molecule has 1 saturated carbocycles. The highest BCUT2D eigenvalue weighted by Crippen LogP contribution is 2.23. The summed E-state index contributed by atoms with van der Waals surface area (Å²) in [4.78, 5) is 0.